The third-order valence-electron chi connectivity index (χ3n) is 2.10. The molecule has 4 N–H and O–H groups in total. The molecule has 2 aromatic rings. The Morgan fingerprint density at radius 1 is 1.43 bits per heavy atom. The topological polar surface area (TPSA) is 70.9 Å². The van der Waals surface area contributed by atoms with E-state index in [9.17, 15) is 4.79 Å². The summed E-state index contributed by atoms with van der Waals surface area (Å²) in [5.41, 5.74) is 4.00. The highest BCUT2D eigenvalue weighted by atomic mass is 16.2. The summed E-state index contributed by atoms with van der Waals surface area (Å²) in [6, 6.07) is 9.83. The van der Waals surface area contributed by atoms with Crippen LogP contribution in [0.2, 0.25) is 0 Å². The molecule has 0 aliphatic heterocycles. The summed E-state index contributed by atoms with van der Waals surface area (Å²) in [4.78, 5) is 14.1. The number of carbonyl (C=O) groups excluding carboxylic acids is 1. The second-order valence-corrected chi connectivity index (χ2v) is 3.13. The van der Waals surface area contributed by atoms with E-state index < -0.39 is 0 Å². The second kappa shape index (κ2) is 3.51. The van der Waals surface area contributed by atoms with Crippen LogP contribution in [0.1, 0.15) is 5.69 Å². The maximum Gasteiger partial charge on any atom is 0.239 e. The minimum atomic E-state index is -0.198. The number of rotatable bonds is 2. The second-order valence-electron chi connectivity index (χ2n) is 3.13. The summed E-state index contributed by atoms with van der Waals surface area (Å²) < 4.78 is 0. The average Bonchev–Trinajstić information content (AvgIpc) is 2.59. The van der Waals surface area contributed by atoms with E-state index in [2.05, 4.69) is 10.4 Å². The van der Waals surface area contributed by atoms with Crippen molar-refractivity contribution in [3.8, 4) is 0 Å². The van der Waals surface area contributed by atoms with Gasteiger partial charge in [0.05, 0.1) is 6.42 Å². The van der Waals surface area contributed by atoms with Crippen molar-refractivity contribution < 1.29 is 4.79 Å². The molecule has 1 amide bonds. The van der Waals surface area contributed by atoms with Gasteiger partial charge in [0.25, 0.3) is 0 Å². The molecule has 72 valence electrons. The highest BCUT2D eigenvalue weighted by molar-refractivity contribution is 5.83. The van der Waals surface area contributed by atoms with Gasteiger partial charge >= 0.3 is 0 Å². The first kappa shape index (κ1) is 8.77. The summed E-state index contributed by atoms with van der Waals surface area (Å²) in [6.07, 6.45) is 0.283. The molecule has 0 spiro atoms. The van der Waals surface area contributed by atoms with Crippen molar-refractivity contribution in [2.45, 2.75) is 6.42 Å². The van der Waals surface area contributed by atoms with Gasteiger partial charge in [0.15, 0.2) is 0 Å². The first-order chi connectivity index (χ1) is 6.79. The summed E-state index contributed by atoms with van der Waals surface area (Å²) in [5, 5.41) is 1.10. The van der Waals surface area contributed by atoms with Crippen LogP contribution in [0.3, 0.4) is 0 Å². The van der Waals surface area contributed by atoms with Gasteiger partial charge in [0.2, 0.25) is 5.91 Å². The number of amides is 1. The first-order valence-electron chi connectivity index (χ1n) is 4.35. The lowest BCUT2D eigenvalue weighted by Crippen LogP contribution is -2.31. The zero-order valence-corrected chi connectivity index (χ0v) is 7.58. The lowest BCUT2D eigenvalue weighted by molar-refractivity contribution is -0.120. The van der Waals surface area contributed by atoms with Crippen LogP contribution < -0.4 is 11.3 Å². The highest BCUT2D eigenvalue weighted by Crippen LogP contribution is 2.14. The van der Waals surface area contributed by atoms with E-state index in [-0.39, 0.29) is 12.3 Å². The smallest absolute Gasteiger partial charge is 0.239 e. The van der Waals surface area contributed by atoms with Gasteiger partial charge < -0.3 is 4.98 Å². The normalized spacial score (nSPS) is 10.4. The van der Waals surface area contributed by atoms with E-state index in [1.807, 2.05) is 30.3 Å². The number of hydrogen-bond acceptors (Lipinski definition) is 2. The molecule has 1 aromatic heterocycles. The van der Waals surface area contributed by atoms with Gasteiger partial charge in [-0.1, -0.05) is 18.2 Å². The molecule has 2 rings (SSSR count). The van der Waals surface area contributed by atoms with Crippen molar-refractivity contribution >= 4 is 16.8 Å². The number of fused-ring (bicyclic) bond motifs is 1. The monoisotopic (exact) mass is 189 g/mol. The lowest BCUT2D eigenvalue weighted by atomic mass is 10.2. The van der Waals surface area contributed by atoms with Gasteiger partial charge in [-0.05, 0) is 17.5 Å². The van der Waals surface area contributed by atoms with E-state index >= 15 is 0 Å². The molecule has 4 nitrogen and oxygen atoms in total. The molecule has 0 radical (unpaired) electrons. The Balaban J connectivity index is 2.31. The van der Waals surface area contributed by atoms with Crippen molar-refractivity contribution in [3.05, 3.63) is 36.0 Å². The Morgan fingerprint density at radius 3 is 2.93 bits per heavy atom. The maximum atomic E-state index is 11.0. The fraction of sp³-hybridized carbons (Fsp3) is 0.100. The predicted octanol–water partition coefficient (Wildman–Crippen LogP) is 0.700. The highest BCUT2D eigenvalue weighted by Gasteiger charge is 2.04. The molecule has 0 bridgehead atoms. The van der Waals surface area contributed by atoms with Crippen molar-refractivity contribution in [3.63, 3.8) is 0 Å². The maximum absolute atomic E-state index is 11.0. The Kier molecular flexibility index (Phi) is 2.20. The fourth-order valence-electron chi connectivity index (χ4n) is 1.45. The third-order valence-corrected chi connectivity index (χ3v) is 2.10. The van der Waals surface area contributed by atoms with Gasteiger partial charge in [-0.15, -0.1) is 0 Å². The van der Waals surface area contributed by atoms with Crippen LogP contribution in [-0.4, -0.2) is 10.9 Å². The molecule has 0 atom stereocenters. The molecule has 1 heterocycles. The summed E-state index contributed by atoms with van der Waals surface area (Å²) in [5.74, 6) is 4.80. The summed E-state index contributed by atoms with van der Waals surface area (Å²) >= 11 is 0. The molecule has 0 unspecified atom stereocenters. The van der Waals surface area contributed by atoms with Crippen LogP contribution in [0, 0.1) is 0 Å². The van der Waals surface area contributed by atoms with Crippen molar-refractivity contribution in [1.29, 1.82) is 0 Å². The number of hydrazine groups is 1. The number of aromatic amines is 1. The molecule has 0 fully saturated rings. The van der Waals surface area contributed by atoms with E-state index in [1.54, 1.807) is 0 Å². The number of para-hydroxylation sites is 1. The number of carbonyl (C=O) groups is 1. The molecule has 1 aromatic carbocycles. The Labute approximate surface area is 81.1 Å². The zero-order chi connectivity index (χ0) is 9.97. The number of nitrogens with two attached hydrogens (primary N) is 1. The Hall–Kier alpha value is -1.81. The van der Waals surface area contributed by atoms with Crippen LogP contribution >= 0.6 is 0 Å². The SMILES string of the molecule is NNC(=O)Cc1cc2ccccc2[nH]1. The van der Waals surface area contributed by atoms with Gasteiger partial charge in [-0.25, -0.2) is 5.84 Å². The molecule has 0 aliphatic carbocycles. The lowest BCUT2D eigenvalue weighted by Gasteiger charge is -1.95. The largest absolute Gasteiger partial charge is 0.358 e. The van der Waals surface area contributed by atoms with Crippen molar-refractivity contribution in [2.24, 2.45) is 5.84 Å². The molecule has 14 heavy (non-hydrogen) atoms. The molecular formula is C10H11N3O. The number of benzene rings is 1. The van der Waals surface area contributed by atoms with E-state index in [1.165, 1.54) is 0 Å². The van der Waals surface area contributed by atoms with Crippen molar-refractivity contribution in [1.82, 2.24) is 10.4 Å². The van der Waals surface area contributed by atoms with E-state index in [4.69, 9.17) is 5.84 Å². The number of hydrogen-bond donors (Lipinski definition) is 3. The van der Waals surface area contributed by atoms with Crippen LogP contribution in [0.25, 0.3) is 10.9 Å². The molecule has 4 heteroatoms. The molecule has 0 saturated carbocycles. The van der Waals surface area contributed by atoms with E-state index in [0.29, 0.717) is 0 Å². The van der Waals surface area contributed by atoms with Crippen LogP contribution in [-0.2, 0) is 11.2 Å². The number of H-pyrrole nitrogens is 1. The van der Waals surface area contributed by atoms with Crippen LogP contribution in [0.15, 0.2) is 30.3 Å². The minimum absolute atomic E-state index is 0.198. The quantitative estimate of drug-likeness (QED) is 0.369. The van der Waals surface area contributed by atoms with Gasteiger partial charge in [-0.3, -0.25) is 10.2 Å². The number of nitrogens with one attached hydrogen (secondary N) is 2. The standard InChI is InChI=1S/C10H11N3O/c11-13-10(14)6-8-5-7-3-1-2-4-9(7)12-8/h1-5,12H,6,11H2,(H,13,14). The average molecular weight is 189 g/mol. The van der Waals surface area contributed by atoms with Crippen molar-refractivity contribution in [2.75, 3.05) is 0 Å². The Morgan fingerprint density at radius 2 is 2.21 bits per heavy atom. The number of aromatic nitrogens is 1. The Bertz CT molecular complexity index is 428. The van der Waals surface area contributed by atoms with Gasteiger partial charge in [-0.2, -0.15) is 0 Å². The first-order valence-corrected chi connectivity index (χ1v) is 4.35. The van der Waals surface area contributed by atoms with Crippen LogP contribution in [0.5, 0.6) is 0 Å². The molecule has 0 aliphatic rings. The third kappa shape index (κ3) is 1.60. The predicted molar refractivity (Wildman–Crippen MR) is 54.3 cm³/mol. The summed E-state index contributed by atoms with van der Waals surface area (Å²) in [6.45, 7) is 0. The minimum Gasteiger partial charge on any atom is -0.358 e. The van der Waals surface area contributed by atoms with Gasteiger partial charge in [0, 0.05) is 11.2 Å². The summed E-state index contributed by atoms with van der Waals surface area (Å²) in [7, 11) is 0. The van der Waals surface area contributed by atoms with E-state index in [0.717, 1.165) is 16.6 Å². The molecular weight excluding hydrogens is 178 g/mol. The van der Waals surface area contributed by atoms with Crippen LogP contribution in [0.4, 0.5) is 0 Å². The van der Waals surface area contributed by atoms with Gasteiger partial charge in [0.1, 0.15) is 0 Å². The fourth-order valence-corrected chi connectivity index (χ4v) is 1.45. The zero-order valence-electron chi connectivity index (χ0n) is 7.58. The molecule has 0 saturated heterocycles.